The number of benzene rings is 1. The summed E-state index contributed by atoms with van der Waals surface area (Å²) in [5.74, 6) is -0.300. The van der Waals surface area contributed by atoms with E-state index in [1.807, 2.05) is 33.8 Å². The lowest BCUT2D eigenvalue weighted by atomic mass is 10.2. The third-order valence-electron chi connectivity index (χ3n) is 3.52. The molecule has 0 saturated heterocycles. The number of carbonyl (C=O) groups excluding carboxylic acids is 1. The van der Waals surface area contributed by atoms with Crippen LogP contribution in [0.5, 0.6) is 0 Å². The second-order valence-electron chi connectivity index (χ2n) is 7.21. The summed E-state index contributed by atoms with van der Waals surface area (Å²) in [5.41, 5.74) is 2.22. The molecule has 0 unspecified atom stereocenters. The molecule has 0 aliphatic carbocycles. The third-order valence-corrected chi connectivity index (χ3v) is 3.52. The Morgan fingerprint density at radius 1 is 1.23 bits per heavy atom. The van der Waals surface area contributed by atoms with Gasteiger partial charge in [-0.1, -0.05) is 12.1 Å². The standard InChI is InChI=1S/C20H26FN3O2/c1-15-11-18(13-22-12-15)23-9-10-24(19(25)26-20(2,3)4)14-16-5-7-17(21)8-6-16/h5-8,11-13,23H,9-10,14H2,1-4H3. The van der Waals surface area contributed by atoms with Crippen LogP contribution in [0.4, 0.5) is 14.9 Å². The van der Waals surface area contributed by atoms with Crippen molar-refractivity contribution in [2.75, 3.05) is 18.4 Å². The van der Waals surface area contributed by atoms with Gasteiger partial charge in [-0.15, -0.1) is 0 Å². The fourth-order valence-electron chi connectivity index (χ4n) is 2.36. The van der Waals surface area contributed by atoms with Crippen molar-refractivity contribution >= 4 is 11.8 Å². The summed E-state index contributed by atoms with van der Waals surface area (Å²) in [4.78, 5) is 18.3. The van der Waals surface area contributed by atoms with Gasteiger partial charge in [0.1, 0.15) is 11.4 Å². The fourth-order valence-corrected chi connectivity index (χ4v) is 2.36. The second-order valence-corrected chi connectivity index (χ2v) is 7.21. The first-order valence-electron chi connectivity index (χ1n) is 8.61. The Kier molecular flexibility index (Phi) is 6.55. The lowest BCUT2D eigenvalue weighted by Crippen LogP contribution is -2.39. The van der Waals surface area contributed by atoms with Crippen LogP contribution < -0.4 is 5.32 Å². The van der Waals surface area contributed by atoms with E-state index in [0.717, 1.165) is 16.8 Å². The zero-order valence-corrected chi connectivity index (χ0v) is 15.8. The molecule has 1 aromatic carbocycles. The van der Waals surface area contributed by atoms with Gasteiger partial charge in [-0.2, -0.15) is 0 Å². The van der Waals surface area contributed by atoms with Gasteiger partial charge in [0.15, 0.2) is 0 Å². The SMILES string of the molecule is Cc1cncc(NCCN(Cc2ccc(F)cc2)C(=O)OC(C)(C)C)c1. The molecule has 0 saturated carbocycles. The van der Waals surface area contributed by atoms with E-state index in [4.69, 9.17) is 4.74 Å². The molecule has 1 heterocycles. The molecule has 0 fully saturated rings. The van der Waals surface area contributed by atoms with Crippen LogP contribution >= 0.6 is 0 Å². The molecule has 1 amide bonds. The molecule has 0 spiro atoms. The zero-order valence-electron chi connectivity index (χ0n) is 15.8. The van der Waals surface area contributed by atoms with Gasteiger partial charge in [0, 0.05) is 32.0 Å². The van der Waals surface area contributed by atoms with E-state index in [9.17, 15) is 9.18 Å². The van der Waals surface area contributed by atoms with Crippen molar-refractivity contribution in [2.45, 2.75) is 39.8 Å². The maximum Gasteiger partial charge on any atom is 0.410 e. The average Bonchev–Trinajstić information content (AvgIpc) is 2.54. The number of nitrogens with one attached hydrogen (secondary N) is 1. The zero-order chi connectivity index (χ0) is 19.2. The van der Waals surface area contributed by atoms with Crippen molar-refractivity contribution in [1.29, 1.82) is 0 Å². The Labute approximate surface area is 154 Å². The molecule has 2 rings (SSSR count). The molecule has 140 valence electrons. The molecular weight excluding hydrogens is 333 g/mol. The highest BCUT2D eigenvalue weighted by Gasteiger charge is 2.22. The summed E-state index contributed by atoms with van der Waals surface area (Å²) >= 11 is 0. The molecule has 26 heavy (non-hydrogen) atoms. The van der Waals surface area contributed by atoms with E-state index >= 15 is 0 Å². The number of aromatic nitrogens is 1. The van der Waals surface area contributed by atoms with Crippen molar-refractivity contribution < 1.29 is 13.9 Å². The number of amides is 1. The molecular formula is C20H26FN3O2. The summed E-state index contributed by atoms with van der Waals surface area (Å²) < 4.78 is 18.6. The molecule has 1 N–H and O–H groups in total. The summed E-state index contributed by atoms with van der Waals surface area (Å²) in [6.07, 6.45) is 3.13. The van der Waals surface area contributed by atoms with Crippen LogP contribution in [0.2, 0.25) is 0 Å². The van der Waals surface area contributed by atoms with Gasteiger partial charge in [0.25, 0.3) is 0 Å². The average molecular weight is 359 g/mol. The summed E-state index contributed by atoms with van der Waals surface area (Å²) in [5, 5.41) is 3.26. The largest absolute Gasteiger partial charge is 0.444 e. The number of hydrogen-bond acceptors (Lipinski definition) is 4. The molecule has 5 nitrogen and oxygen atoms in total. The maximum absolute atomic E-state index is 13.1. The van der Waals surface area contributed by atoms with Gasteiger partial charge in [-0.05, 0) is 57.0 Å². The van der Waals surface area contributed by atoms with E-state index in [1.165, 1.54) is 12.1 Å². The predicted octanol–water partition coefficient (Wildman–Crippen LogP) is 4.38. The van der Waals surface area contributed by atoms with E-state index in [2.05, 4.69) is 10.3 Å². The first-order valence-corrected chi connectivity index (χ1v) is 8.61. The number of halogens is 1. The summed E-state index contributed by atoms with van der Waals surface area (Å²) in [7, 11) is 0. The minimum Gasteiger partial charge on any atom is -0.444 e. The minimum absolute atomic E-state index is 0.300. The topological polar surface area (TPSA) is 54.5 Å². The van der Waals surface area contributed by atoms with Gasteiger partial charge in [0.05, 0.1) is 5.69 Å². The van der Waals surface area contributed by atoms with E-state index in [0.29, 0.717) is 19.6 Å². The number of pyridine rings is 1. The van der Waals surface area contributed by atoms with Crippen LogP contribution in [-0.4, -0.2) is 34.7 Å². The molecule has 1 aromatic heterocycles. The van der Waals surface area contributed by atoms with Crippen molar-refractivity contribution in [3.63, 3.8) is 0 Å². The van der Waals surface area contributed by atoms with Crippen LogP contribution in [0.25, 0.3) is 0 Å². The third kappa shape index (κ3) is 6.70. The number of carbonyl (C=O) groups is 1. The molecule has 6 heteroatoms. The summed E-state index contributed by atoms with van der Waals surface area (Å²) in [6.45, 7) is 8.81. The Bertz CT molecular complexity index is 727. The number of nitrogens with zero attached hydrogens (tertiary/aromatic N) is 2. The van der Waals surface area contributed by atoms with Gasteiger partial charge in [0.2, 0.25) is 0 Å². The molecule has 0 aliphatic rings. The molecule has 2 aromatic rings. The number of aryl methyl sites for hydroxylation is 1. The molecule has 0 radical (unpaired) electrons. The van der Waals surface area contributed by atoms with Crippen molar-refractivity contribution in [3.8, 4) is 0 Å². The van der Waals surface area contributed by atoms with Crippen LogP contribution in [0.3, 0.4) is 0 Å². The lowest BCUT2D eigenvalue weighted by molar-refractivity contribution is 0.0241. The monoisotopic (exact) mass is 359 g/mol. The smallest absolute Gasteiger partial charge is 0.410 e. The van der Waals surface area contributed by atoms with Crippen molar-refractivity contribution in [1.82, 2.24) is 9.88 Å². The van der Waals surface area contributed by atoms with Gasteiger partial charge in [-0.25, -0.2) is 9.18 Å². The highest BCUT2D eigenvalue weighted by Crippen LogP contribution is 2.14. The number of hydrogen-bond donors (Lipinski definition) is 1. The van der Waals surface area contributed by atoms with E-state index in [-0.39, 0.29) is 5.82 Å². The van der Waals surface area contributed by atoms with E-state index < -0.39 is 11.7 Å². The van der Waals surface area contributed by atoms with Crippen LogP contribution in [0.1, 0.15) is 31.9 Å². The first-order chi connectivity index (χ1) is 12.2. The van der Waals surface area contributed by atoms with Gasteiger partial charge < -0.3 is 15.0 Å². The number of rotatable bonds is 6. The lowest BCUT2D eigenvalue weighted by Gasteiger charge is -2.27. The quantitative estimate of drug-likeness (QED) is 0.832. The summed E-state index contributed by atoms with van der Waals surface area (Å²) in [6, 6.07) is 8.11. The first kappa shape index (κ1) is 19.7. The van der Waals surface area contributed by atoms with Crippen LogP contribution in [0, 0.1) is 12.7 Å². The molecule has 0 bridgehead atoms. The van der Waals surface area contributed by atoms with E-state index in [1.54, 1.807) is 29.4 Å². The highest BCUT2D eigenvalue weighted by atomic mass is 19.1. The van der Waals surface area contributed by atoms with Gasteiger partial charge >= 0.3 is 6.09 Å². The second kappa shape index (κ2) is 8.65. The van der Waals surface area contributed by atoms with Crippen LogP contribution in [0.15, 0.2) is 42.7 Å². The molecule has 0 atom stereocenters. The van der Waals surface area contributed by atoms with Crippen molar-refractivity contribution in [3.05, 3.63) is 59.7 Å². The van der Waals surface area contributed by atoms with Crippen molar-refractivity contribution in [2.24, 2.45) is 0 Å². The Morgan fingerprint density at radius 3 is 2.54 bits per heavy atom. The van der Waals surface area contributed by atoms with Gasteiger partial charge in [-0.3, -0.25) is 4.98 Å². The van der Waals surface area contributed by atoms with Crippen LogP contribution in [-0.2, 0) is 11.3 Å². The Balaban J connectivity index is 2.01. The highest BCUT2D eigenvalue weighted by molar-refractivity contribution is 5.68. The number of ether oxygens (including phenoxy) is 1. The maximum atomic E-state index is 13.1. The fraction of sp³-hybridized carbons (Fsp3) is 0.400. The number of anilines is 1. The normalized spacial score (nSPS) is 11.1. The predicted molar refractivity (Wildman–Crippen MR) is 101 cm³/mol. The molecule has 0 aliphatic heterocycles. The Hall–Kier alpha value is -2.63. The minimum atomic E-state index is -0.577. The Morgan fingerprint density at radius 2 is 1.92 bits per heavy atom.